The highest BCUT2D eigenvalue weighted by Crippen LogP contribution is 2.45. The summed E-state index contributed by atoms with van der Waals surface area (Å²) in [5, 5.41) is 13.3. The van der Waals surface area contributed by atoms with Crippen LogP contribution in [0.25, 0.3) is 0 Å². The van der Waals surface area contributed by atoms with Crippen LogP contribution in [-0.4, -0.2) is 21.6 Å². The van der Waals surface area contributed by atoms with Crippen LogP contribution in [0.5, 0.6) is 0 Å². The molecule has 0 bridgehead atoms. The molecule has 1 spiro atoms. The predicted octanol–water partition coefficient (Wildman–Crippen LogP) is 1.90. The number of hydrogen-bond donors (Lipinski definition) is 0. The van der Waals surface area contributed by atoms with Crippen LogP contribution in [0.1, 0.15) is 50.5 Å². The van der Waals surface area contributed by atoms with Gasteiger partial charge in [0.2, 0.25) is 11.8 Å². The molecule has 2 aliphatic rings. The van der Waals surface area contributed by atoms with Gasteiger partial charge >= 0.3 is 0 Å². The van der Waals surface area contributed by atoms with E-state index < -0.39 is 5.41 Å². The van der Waals surface area contributed by atoms with Gasteiger partial charge in [0.05, 0.1) is 5.41 Å². The second-order valence-corrected chi connectivity index (χ2v) is 6.06. The molecule has 1 saturated heterocycles. The normalized spacial score (nSPS) is 21.6. The molecule has 21 heavy (non-hydrogen) atoms. The second kappa shape index (κ2) is 4.99. The van der Waals surface area contributed by atoms with Crippen LogP contribution < -0.4 is 4.90 Å². The van der Waals surface area contributed by atoms with Gasteiger partial charge in [-0.25, -0.2) is 4.90 Å². The number of amides is 2. The number of aryl methyl sites for hydroxylation is 1. The lowest BCUT2D eigenvalue weighted by Gasteiger charge is -2.24. The van der Waals surface area contributed by atoms with E-state index in [4.69, 9.17) is 5.26 Å². The molecule has 2 amide bonds. The third-order valence-electron chi connectivity index (χ3n) is 4.60. The summed E-state index contributed by atoms with van der Waals surface area (Å²) in [4.78, 5) is 26.4. The van der Waals surface area contributed by atoms with Crippen LogP contribution in [0.2, 0.25) is 0 Å². The van der Waals surface area contributed by atoms with Crippen LogP contribution >= 0.6 is 0 Å². The molecule has 110 valence electrons. The Morgan fingerprint density at radius 3 is 2.52 bits per heavy atom. The highest BCUT2D eigenvalue weighted by molar-refractivity contribution is 6.22. The molecule has 0 N–H and O–H groups in total. The Morgan fingerprint density at radius 2 is 1.90 bits per heavy atom. The Labute approximate surface area is 123 Å². The molecule has 1 aliphatic heterocycles. The lowest BCUT2D eigenvalue weighted by Crippen LogP contribution is -2.36. The van der Waals surface area contributed by atoms with Crippen molar-refractivity contribution >= 4 is 17.6 Å². The Balaban J connectivity index is 1.99. The summed E-state index contributed by atoms with van der Waals surface area (Å²) in [6, 6.07) is 2.01. The number of anilines is 1. The van der Waals surface area contributed by atoms with Crippen molar-refractivity contribution in [1.29, 1.82) is 5.26 Å². The van der Waals surface area contributed by atoms with Gasteiger partial charge in [-0.2, -0.15) is 10.4 Å². The van der Waals surface area contributed by atoms with E-state index in [1.165, 1.54) is 10.9 Å². The Hall–Kier alpha value is -2.16. The van der Waals surface area contributed by atoms with E-state index in [1.54, 1.807) is 7.05 Å². The zero-order valence-electron chi connectivity index (χ0n) is 12.1. The van der Waals surface area contributed by atoms with Crippen molar-refractivity contribution < 1.29 is 9.59 Å². The summed E-state index contributed by atoms with van der Waals surface area (Å²) in [7, 11) is 1.68. The Bertz CT molecular complexity index is 633. The number of nitrogens with zero attached hydrogens (tertiary/aromatic N) is 4. The first-order valence-electron chi connectivity index (χ1n) is 7.38. The van der Waals surface area contributed by atoms with Crippen molar-refractivity contribution in [2.45, 2.75) is 44.9 Å². The minimum atomic E-state index is -0.558. The molecular formula is C15H18N4O2. The lowest BCUT2D eigenvalue weighted by molar-refractivity contribution is -0.126. The molecule has 2 fully saturated rings. The number of carbonyl (C=O) groups is 2. The Kier molecular flexibility index (Phi) is 3.28. The predicted molar refractivity (Wildman–Crippen MR) is 75.2 cm³/mol. The molecule has 0 unspecified atom stereocenters. The van der Waals surface area contributed by atoms with Crippen LogP contribution in [0.15, 0.2) is 6.20 Å². The molecule has 0 aromatic carbocycles. The molecule has 0 radical (unpaired) electrons. The van der Waals surface area contributed by atoms with Gasteiger partial charge in [-0.05, 0) is 12.8 Å². The number of carbonyl (C=O) groups excluding carboxylic acids is 2. The van der Waals surface area contributed by atoms with Crippen molar-refractivity contribution in [3.8, 4) is 6.07 Å². The molecule has 1 saturated carbocycles. The molecule has 1 aliphatic carbocycles. The van der Waals surface area contributed by atoms with Gasteiger partial charge < -0.3 is 0 Å². The largest absolute Gasteiger partial charge is 0.274 e. The number of rotatable bonds is 1. The average Bonchev–Trinajstić information content (AvgIpc) is 2.80. The fourth-order valence-electron chi connectivity index (χ4n) is 3.53. The van der Waals surface area contributed by atoms with Gasteiger partial charge in [0.1, 0.15) is 11.6 Å². The maximum Gasteiger partial charge on any atom is 0.241 e. The molecule has 6 heteroatoms. The summed E-state index contributed by atoms with van der Waals surface area (Å²) in [6.07, 6.45) is 7.54. The van der Waals surface area contributed by atoms with E-state index in [0.717, 1.165) is 43.4 Å². The molecule has 3 rings (SSSR count). The smallest absolute Gasteiger partial charge is 0.241 e. The third kappa shape index (κ3) is 2.13. The van der Waals surface area contributed by atoms with Gasteiger partial charge in [-0.15, -0.1) is 0 Å². The zero-order valence-corrected chi connectivity index (χ0v) is 12.1. The topological polar surface area (TPSA) is 79.0 Å². The van der Waals surface area contributed by atoms with Crippen LogP contribution in [0.3, 0.4) is 0 Å². The number of hydrogen-bond acceptors (Lipinski definition) is 4. The number of aromatic nitrogens is 2. The van der Waals surface area contributed by atoms with E-state index in [2.05, 4.69) is 5.10 Å². The molecular weight excluding hydrogens is 268 g/mol. The van der Waals surface area contributed by atoms with Crippen molar-refractivity contribution in [1.82, 2.24) is 9.78 Å². The monoisotopic (exact) mass is 286 g/mol. The first-order valence-corrected chi connectivity index (χ1v) is 7.38. The molecule has 1 aromatic heterocycles. The molecule has 6 nitrogen and oxygen atoms in total. The summed E-state index contributed by atoms with van der Waals surface area (Å²) < 4.78 is 1.46. The van der Waals surface area contributed by atoms with E-state index in [9.17, 15) is 9.59 Å². The molecule has 0 atom stereocenters. The quantitative estimate of drug-likeness (QED) is 0.738. The SMILES string of the molecule is Cn1cc(C#N)c(N2C(=O)CC3(CCCCCC3)C2=O)n1. The lowest BCUT2D eigenvalue weighted by atomic mass is 9.79. The minimum absolute atomic E-state index is 0.162. The standard InChI is InChI=1S/C15H18N4O2/c1-18-10-11(9-16)13(17-18)19-12(20)8-15(14(19)21)6-4-2-3-5-7-15/h10H,2-8H2,1H3. The maximum absolute atomic E-state index is 12.9. The molecule has 2 heterocycles. The summed E-state index contributed by atoms with van der Waals surface area (Å²) in [5.74, 6) is -0.196. The van der Waals surface area contributed by atoms with Gasteiger partial charge in [-0.3, -0.25) is 14.3 Å². The summed E-state index contributed by atoms with van der Waals surface area (Å²) >= 11 is 0. The highest BCUT2D eigenvalue weighted by atomic mass is 16.2. The van der Waals surface area contributed by atoms with Gasteiger partial charge in [0.15, 0.2) is 5.82 Å². The second-order valence-electron chi connectivity index (χ2n) is 6.06. The Morgan fingerprint density at radius 1 is 1.24 bits per heavy atom. The van der Waals surface area contributed by atoms with Crippen molar-refractivity contribution in [3.05, 3.63) is 11.8 Å². The van der Waals surface area contributed by atoms with Crippen molar-refractivity contribution in [3.63, 3.8) is 0 Å². The first kappa shape index (κ1) is 13.8. The third-order valence-corrected chi connectivity index (χ3v) is 4.60. The summed E-state index contributed by atoms with van der Waals surface area (Å²) in [5.41, 5.74) is -0.289. The van der Waals surface area contributed by atoms with Gasteiger partial charge in [-0.1, -0.05) is 25.7 Å². The number of nitriles is 1. The summed E-state index contributed by atoms with van der Waals surface area (Å²) in [6.45, 7) is 0. The van der Waals surface area contributed by atoms with E-state index in [1.807, 2.05) is 6.07 Å². The van der Waals surface area contributed by atoms with Gasteiger partial charge in [0, 0.05) is 19.7 Å². The van der Waals surface area contributed by atoms with E-state index in [0.29, 0.717) is 0 Å². The van der Waals surface area contributed by atoms with Crippen molar-refractivity contribution in [2.24, 2.45) is 12.5 Å². The van der Waals surface area contributed by atoms with Crippen molar-refractivity contribution in [2.75, 3.05) is 4.90 Å². The van der Waals surface area contributed by atoms with E-state index in [-0.39, 0.29) is 29.6 Å². The van der Waals surface area contributed by atoms with Crippen LogP contribution in [0, 0.1) is 16.7 Å². The van der Waals surface area contributed by atoms with Gasteiger partial charge in [0.25, 0.3) is 0 Å². The number of imide groups is 1. The zero-order chi connectivity index (χ0) is 15.0. The van der Waals surface area contributed by atoms with Crippen LogP contribution in [-0.2, 0) is 16.6 Å². The van der Waals surface area contributed by atoms with E-state index >= 15 is 0 Å². The minimum Gasteiger partial charge on any atom is -0.274 e. The highest BCUT2D eigenvalue weighted by Gasteiger charge is 2.52. The fraction of sp³-hybridized carbons (Fsp3) is 0.600. The average molecular weight is 286 g/mol. The molecule has 1 aromatic rings. The van der Waals surface area contributed by atoms with Crippen LogP contribution in [0.4, 0.5) is 5.82 Å². The fourth-order valence-corrected chi connectivity index (χ4v) is 3.53. The first-order chi connectivity index (χ1) is 10.1. The maximum atomic E-state index is 12.9.